The number of anilines is 2. The second-order valence-corrected chi connectivity index (χ2v) is 11.1. The Morgan fingerprint density at radius 1 is 0.649 bits per heavy atom. The number of benzene rings is 2. The van der Waals surface area contributed by atoms with Gasteiger partial charge in [-0.15, -0.1) is 17.7 Å². The second-order valence-electron chi connectivity index (χ2n) is 10.7. The van der Waals surface area contributed by atoms with E-state index in [0.29, 0.717) is 28.7 Å². The smallest absolute Gasteiger partial charge is 0.0989 e. The maximum atomic E-state index is 5.42. The third-order valence-electron chi connectivity index (χ3n) is 6.57. The van der Waals surface area contributed by atoms with Crippen LogP contribution in [0.4, 0.5) is 11.4 Å². The van der Waals surface area contributed by atoms with Crippen molar-refractivity contribution in [2.75, 3.05) is 16.5 Å². The largest absolute Gasteiger partial charge is 0.393 e. The van der Waals surface area contributed by atoms with Crippen molar-refractivity contribution in [1.82, 2.24) is 4.98 Å². The molecule has 5 heteroatoms. The van der Waals surface area contributed by atoms with E-state index in [-0.39, 0.29) is 20.4 Å². The van der Waals surface area contributed by atoms with Crippen LogP contribution in [0.2, 0.25) is 5.02 Å². The van der Waals surface area contributed by atoms with Crippen molar-refractivity contribution in [2.24, 2.45) is 0 Å². The van der Waals surface area contributed by atoms with E-state index in [1.54, 1.807) is 18.3 Å². The average Bonchev–Trinajstić information content (AvgIpc) is 3.33. The van der Waals surface area contributed by atoms with E-state index in [4.69, 9.17) is 11.6 Å². The van der Waals surface area contributed by atoms with Crippen LogP contribution in [0.1, 0.15) is 101 Å². The first-order valence-corrected chi connectivity index (χ1v) is 13.4. The van der Waals surface area contributed by atoms with Crippen LogP contribution in [0, 0.1) is 6.20 Å². The third-order valence-corrected chi connectivity index (χ3v) is 6.78. The molecule has 0 aliphatic carbocycles. The summed E-state index contributed by atoms with van der Waals surface area (Å²) >= 11 is 5.42. The molecule has 1 aliphatic rings. The average molecular weight is 610 g/mol. The summed E-state index contributed by atoms with van der Waals surface area (Å²) in [5.74, 6) is 2.00. The summed E-state index contributed by atoms with van der Waals surface area (Å²) < 4.78 is 0. The predicted octanol–water partition coefficient (Wildman–Crippen LogP) is 9.47. The maximum Gasteiger partial charge on any atom is 0.0989 e. The molecule has 4 rings (SSSR count). The van der Waals surface area contributed by atoms with Gasteiger partial charge in [-0.1, -0.05) is 109 Å². The zero-order valence-corrected chi connectivity index (χ0v) is 25.7. The number of aromatic nitrogens is 1. The fourth-order valence-corrected chi connectivity index (χ4v) is 4.82. The third kappa shape index (κ3) is 7.70. The first kappa shape index (κ1) is 31.1. The molecule has 2 heterocycles. The Bertz CT molecular complexity index is 1030. The molecule has 0 saturated carbocycles. The summed E-state index contributed by atoms with van der Waals surface area (Å²) in [5.41, 5.74) is 8.52. The van der Waals surface area contributed by atoms with Crippen molar-refractivity contribution in [1.29, 1.82) is 0 Å². The summed E-state index contributed by atoms with van der Waals surface area (Å²) in [6, 6.07) is 17.1. The Morgan fingerprint density at radius 3 is 1.27 bits per heavy atom. The quantitative estimate of drug-likeness (QED) is 0.205. The summed E-state index contributed by atoms with van der Waals surface area (Å²) in [4.78, 5) is 8.53. The maximum absolute atomic E-state index is 5.42. The van der Waals surface area contributed by atoms with E-state index in [2.05, 4.69) is 125 Å². The molecule has 3 aromatic rings. The van der Waals surface area contributed by atoms with E-state index in [9.17, 15) is 0 Å². The fourth-order valence-electron chi connectivity index (χ4n) is 4.70. The molecular weight excluding hydrogens is 568 g/mol. The first-order valence-electron chi connectivity index (χ1n) is 13.1. The van der Waals surface area contributed by atoms with Gasteiger partial charge in [-0.3, -0.25) is 0 Å². The molecule has 202 valence electrons. The molecule has 1 aliphatic heterocycles. The molecule has 0 spiro atoms. The molecule has 0 unspecified atom stereocenters. The number of halogens is 1. The molecular formula is C32H41ClN3Pd-. The van der Waals surface area contributed by atoms with E-state index in [1.165, 1.54) is 33.6 Å². The number of rotatable bonds is 6. The van der Waals surface area contributed by atoms with Gasteiger partial charge in [0.2, 0.25) is 0 Å². The zero-order valence-electron chi connectivity index (χ0n) is 23.4. The Morgan fingerprint density at radius 2 is 1.03 bits per heavy atom. The Kier molecular flexibility index (Phi) is 11.9. The second kappa shape index (κ2) is 14.2. The predicted molar refractivity (Wildman–Crippen MR) is 156 cm³/mol. The van der Waals surface area contributed by atoms with Crippen molar-refractivity contribution < 1.29 is 20.4 Å². The van der Waals surface area contributed by atoms with Crippen LogP contribution in [-0.2, 0) is 20.4 Å². The minimum atomic E-state index is 0. The Labute approximate surface area is 243 Å². The van der Waals surface area contributed by atoms with Crippen LogP contribution in [0.15, 0.2) is 67.1 Å². The molecule has 3 nitrogen and oxygen atoms in total. The van der Waals surface area contributed by atoms with E-state index in [1.807, 2.05) is 0 Å². The molecule has 1 aromatic heterocycles. The summed E-state index contributed by atoms with van der Waals surface area (Å²) in [5, 5.41) is 0.558. The van der Waals surface area contributed by atoms with Crippen molar-refractivity contribution in [2.45, 2.75) is 79.1 Å². The van der Waals surface area contributed by atoms with Gasteiger partial charge in [-0.25, -0.2) is 0 Å². The molecule has 0 atom stereocenters. The summed E-state index contributed by atoms with van der Waals surface area (Å²) in [7, 11) is 0. The van der Waals surface area contributed by atoms with Crippen molar-refractivity contribution >= 4 is 23.0 Å². The topological polar surface area (TPSA) is 19.4 Å². The van der Waals surface area contributed by atoms with Gasteiger partial charge >= 0.3 is 0 Å². The molecule has 2 aromatic carbocycles. The first-order chi connectivity index (χ1) is 17.1. The SMILES string of the molecule is CC(C)c1cccc(C(C)C)c1N1C=CN(c2c(C(C)C)cccc2C(C)C)C1.Clc1[c-]nccc1.[Pd]. The van der Waals surface area contributed by atoms with Crippen LogP contribution < -0.4 is 9.80 Å². The van der Waals surface area contributed by atoms with E-state index in [0.717, 1.165) is 6.67 Å². The van der Waals surface area contributed by atoms with Gasteiger partial charge in [0.15, 0.2) is 0 Å². The van der Waals surface area contributed by atoms with Gasteiger partial charge in [0, 0.05) is 44.2 Å². The number of nitrogens with zero attached hydrogens (tertiary/aromatic N) is 3. The molecule has 37 heavy (non-hydrogen) atoms. The summed E-state index contributed by atoms with van der Waals surface area (Å²) in [6.45, 7) is 19.2. The van der Waals surface area contributed by atoms with Crippen LogP contribution in [0.3, 0.4) is 0 Å². The number of hydrogen-bond donors (Lipinski definition) is 0. The van der Waals surface area contributed by atoms with Gasteiger partial charge < -0.3 is 14.8 Å². The molecule has 0 N–H and O–H groups in total. The van der Waals surface area contributed by atoms with Crippen molar-refractivity contribution in [3.63, 3.8) is 0 Å². The Balaban J connectivity index is 0.000000520. The van der Waals surface area contributed by atoms with Gasteiger partial charge in [0.05, 0.1) is 6.67 Å². The Hall–Kier alpha value is -2.12. The minimum Gasteiger partial charge on any atom is -0.393 e. The van der Waals surface area contributed by atoms with E-state index >= 15 is 0 Å². The standard InChI is InChI=1S/C27H38N2.C5H3ClN.Pd/c1-18(2)22-11-9-12-23(19(3)4)26(22)28-15-16-29(17-28)27-24(20(5)6)13-10-14-25(27)21(7)8;6-5-2-1-3-7-4-5;/h9-16,18-21H,17H2,1-8H3;1-3H;/q;-1;. The number of hydrogen-bond acceptors (Lipinski definition) is 3. The van der Waals surface area contributed by atoms with Gasteiger partial charge in [0.1, 0.15) is 0 Å². The van der Waals surface area contributed by atoms with Crippen LogP contribution in [0.5, 0.6) is 0 Å². The monoisotopic (exact) mass is 608 g/mol. The van der Waals surface area contributed by atoms with Crippen molar-refractivity contribution in [3.05, 3.63) is 101 Å². The fraction of sp³-hybridized carbons (Fsp3) is 0.406. The van der Waals surface area contributed by atoms with Gasteiger partial charge in [0.25, 0.3) is 0 Å². The van der Waals surface area contributed by atoms with E-state index < -0.39 is 0 Å². The summed E-state index contributed by atoms with van der Waals surface area (Å²) in [6.07, 6.45) is 8.72. The number of pyridine rings is 1. The van der Waals surface area contributed by atoms with Crippen LogP contribution in [-0.4, -0.2) is 11.7 Å². The van der Waals surface area contributed by atoms with Gasteiger partial charge in [-0.05, 0) is 45.9 Å². The number of para-hydroxylation sites is 2. The molecule has 0 amide bonds. The van der Waals surface area contributed by atoms with Crippen LogP contribution >= 0.6 is 11.6 Å². The molecule has 0 radical (unpaired) electrons. The normalized spacial score (nSPS) is 12.9. The van der Waals surface area contributed by atoms with Gasteiger partial charge in [-0.2, -0.15) is 6.07 Å². The van der Waals surface area contributed by atoms with Crippen molar-refractivity contribution in [3.8, 4) is 0 Å². The molecule has 0 bridgehead atoms. The molecule has 0 saturated heterocycles. The van der Waals surface area contributed by atoms with Crippen LogP contribution in [0.25, 0.3) is 0 Å². The minimum absolute atomic E-state index is 0. The zero-order chi connectivity index (χ0) is 26.4. The molecule has 0 fully saturated rings.